The molecule has 6 rings (SSSR count). The summed E-state index contributed by atoms with van der Waals surface area (Å²) >= 11 is 0. The number of Topliss-reactive ketones (excluding diaryl/α,β-unsaturated/α-hetero) is 1. The normalized spacial score (nSPS) is 18.3. The fourth-order valence-corrected chi connectivity index (χ4v) is 6.06. The third kappa shape index (κ3) is 5.00. The highest BCUT2D eigenvalue weighted by molar-refractivity contribution is 6.22. The molecule has 1 saturated heterocycles. The van der Waals surface area contributed by atoms with E-state index in [1.807, 2.05) is 45.0 Å². The molecular formula is C35H32N2O5. The van der Waals surface area contributed by atoms with Crippen LogP contribution < -0.4 is 4.90 Å². The van der Waals surface area contributed by atoms with Crippen LogP contribution >= 0.6 is 0 Å². The van der Waals surface area contributed by atoms with Gasteiger partial charge in [-0.05, 0) is 81.1 Å². The van der Waals surface area contributed by atoms with Crippen molar-refractivity contribution in [2.24, 2.45) is 11.8 Å². The highest BCUT2D eigenvalue weighted by Gasteiger charge is 2.48. The van der Waals surface area contributed by atoms with Crippen LogP contribution in [0.25, 0.3) is 22.2 Å². The predicted octanol–water partition coefficient (Wildman–Crippen LogP) is 6.55. The highest BCUT2D eigenvalue weighted by atomic mass is 16.5. The third-order valence-electron chi connectivity index (χ3n) is 8.61. The Kier molecular flexibility index (Phi) is 7.19. The number of aromatic nitrogens is 1. The molecule has 2 atom stereocenters. The zero-order chi connectivity index (χ0) is 29.5. The molecule has 3 aromatic carbocycles. The van der Waals surface area contributed by atoms with Gasteiger partial charge in [-0.15, -0.1) is 0 Å². The van der Waals surface area contributed by atoms with E-state index < -0.39 is 5.97 Å². The van der Waals surface area contributed by atoms with Crippen molar-refractivity contribution in [3.05, 3.63) is 94.5 Å². The Morgan fingerprint density at radius 3 is 2.19 bits per heavy atom. The molecule has 0 spiro atoms. The van der Waals surface area contributed by atoms with Crippen LogP contribution in [0.4, 0.5) is 5.69 Å². The largest absolute Gasteiger partial charge is 0.454 e. The molecular weight excluding hydrogens is 528 g/mol. The van der Waals surface area contributed by atoms with Crippen molar-refractivity contribution in [1.82, 2.24) is 4.98 Å². The minimum Gasteiger partial charge on any atom is -0.454 e. The number of anilines is 1. The first-order valence-electron chi connectivity index (χ1n) is 14.4. The zero-order valence-corrected chi connectivity index (χ0v) is 24.0. The number of hydrogen-bond donors (Lipinski definition) is 0. The number of nitrogens with zero attached hydrogens (tertiary/aromatic N) is 2. The van der Waals surface area contributed by atoms with Gasteiger partial charge in [0.1, 0.15) is 0 Å². The van der Waals surface area contributed by atoms with Crippen molar-refractivity contribution >= 4 is 40.2 Å². The van der Waals surface area contributed by atoms with Crippen LogP contribution in [0.15, 0.2) is 66.7 Å². The second-order valence-corrected chi connectivity index (χ2v) is 11.4. The van der Waals surface area contributed by atoms with Gasteiger partial charge in [-0.3, -0.25) is 19.3 Å². The summed E-state index contributed by atoms with van der Waals surface area (Å²) in [6.45, 7) is 5.47. The molecule has 2 heterocycles. The van der Waals surface area contributed by atoms with E-state index in [4.69, 9.17) is 9.72 Å². The summed E-state index contributed by atoms with van der Waals surface area (Å²) in [7, 11) is 0. The van der Waals surface area contributed by atoms with Crippen molar-refractivity contribution in [2.45, 2.75) is 46.5 Å². The molecule has 2 fully saturated rings. The molecule has 1 aliphatic heterocycles. The molecule has 0 bridgehead atoms. The second kappa shape index (κ2) is 11.0. The molecule has 1 saturated carbocycles. The summed E-state index contributed by atoms with van der Waals surface area (Å²) in [4.78, 5) is 58.3. The molecule has 0 radical (unpaired) electrons. The van der Waals surface area contributed by atoms with Gasteiger partial charge in [0.15, 0.2) is 12.4 Å². The Morgan fingerprint density at radius 1 is 0.833 bits per heavy atom. The molecule has 2 unspecified atom stereocenters. The van der Waals surface area contributed by atoms with Gasteiger partial charge in [0.25, 0.3) is 0 Å². The lowest BCUT2D eigenvalue weighted by Crippen LogP contribution is -2.30. The Labute approximate surface area is 244 Å². The van der Waals surface area contributed by atoms with Crippen LogP contribution in [0.2, 0.25) is 0 Å². The molecule has 7 nitrogen and oxygen atoms in total. The molecule has 7 heteroatoms. The van der Waals surface area contributed by atoms with Gasteiger partial charge in [0.2, 0.25) is 11.8 Å². The lowest BCUT2D eigenvalue weighted by Gasteiger charge is -2.19. The van der Waals surface area contributed by atoms with Crippen LogP contribution in [-0.4, -0.2) is 35.2 Å². The second-order valence-electron chi connectivity index (χ2n) is 11.4. The average molecular weight is 561 g/mol. The van der Waals surface area contributed by atoms with E-state index in [0.717, 1.165) is 47.9 Å². The van der Waals surface area contributed by atoms with E-state index in [1.54, 1.807) is 42.5 Å². The van der Waals surface area contributed by atoms with Crippen molar-refractivity contribution in [2.75, 3.05) is 11.5 Å². The van der Waals surface area contributed by atoms with E-state index in [0.29, 0.717) is 33.4 Å². The molecule has 4 aromatic rings. The lowest BCUT2D eigenvalue weighted by molar-refractivity contribution is -0.122. The third-order valence-corrected chi connectivity index (χ3v) is 8.61. The van der Waals surface area contributed by atoms with Gasteiger partial charge < -0.3 is 4.74 Å². The number of pyridine rings is 1. The van der Waals surface area contributed by atoms with Crippen LogP contribution in [0, 0.1) is 32.6 Å². The van der Waals surface area contributed by atoms with Crippen LogP contribution in [0.3, 0.4) is 0 Å². The van der Waals surface area contributed by atoms with Gasteiger partial charge >= 0.3 is 5.97 Å². The van der Waals surface area contributed by atoms with Crippen LogP contribution in [0.5, 0.6) is 0 Å². The van der Waals surface area contributed by atoms with E-state index in [1.165, 1.54) is 4.90 Å². The molecule has 0 N–H and O–H groups in total. The zero-order valence-electron chi connectivity index (χ0n) is 24.0. The number of carbonyl (C=O) groups excluding carboxylic acids is 4. The Bertz CT molecular complexity index is 1730. The molecule has 212 valence electrons. The first-order chi connectivity index (χ1) is 20.2. The maximum Gasteiger partial charge on any atom is 0.339 e. The van der Waals surface area contributed by atoms with Gasteiger partial charge in [-0.2, -0.15) is 0 Å². The number of aryl methyl sites for hydroxylation is 3. The maximum absolute atomic E-state index is 13.4. The summed E-state index contributed by atoms with van der Waals surface area (Å²) in [5, 5.41) is 0.634. The molecule has 2 amide bonds. The average Bonchev–Trinajstić information content (AvgIpc) is 3.26. The highest BCUT2D eigenvalue weighted by Crippen LogP contribution is 2.40. The van der Waals surface area contributed by atoms with Gasteiger partial charge in [-0.1, -0.05) is 48.7 Å². The predicted molar refractivity (Wildman–Crippen MR) is 160 cm³/mol. The molecule has 2 aliphatic rings. The Hall–Kier alpha value is -4.65. The van der Waals surface area contributed by atoms with Crippen molar-refractivity contribution in [1.29, 1.82) is 0 Å². The minimum atomic E-state index is -0.612. The molecule has 1 aliphatic carbocycles. The van der Waals surface area contributed by atoms with Crippen molar-refractivity contribution in [3.8, 4) is 11.3 Å². The Morgan fingerprint density at radius 2 is 1.52 bits per heavy atom. The van der Waals surface area contributed by atoms with Crippen LogP contribution in [-0.2, 0) is 14.3 Å². The van der Waals surface area contributed by atoms with Gasteiger partial charge in [0.05, 0.1) is 34.3 Å². The molecule has 1 aromatic heterocycles. The number of benzene rings is 3. The number of amides is 2. The minimum absolute atomic E-state index is 0.114. The summed E-state index contributed by atoms with van der Waals surface area (Å²) in [6, 6.07) is 19.8. The van der Waals surface area contributed by atoms with E-state index >= 15 is 0 Å². The standard InChI is InChI=1S/C35H32N2O5/c1-20-8-15-30-28(16-20)29(35(41)42-19-32(38)24-10-9-21(2)22(3)17-24)18-31(36-30)23-11-13-25(14-12-23)37-33(39)26-6-4-5-7-27(26)34(37)40/h8-18,26-27H,4-7,19H2,1-3H3. The lowest BCUT2D eigenvalue weighted by atomic mass is 9.81. The van der Waals surface area contributed by atoms with Crippen molar-refractivity contribution in [3.63, 3.8) is 0 Å². The number of rotatable bonds is 6. The summed E-state index contributed by atoms with van der Waals surface area (Å²) in [5.74, 6) is -1.55. The van der Waals surface area contributed by atoms with E-state index in [9.17, 15) is 19.2 Å². The number of hydrogen-bond acceptors (Lipinski definition) is 6. The quantitative estimate of drug-likeness (QED) is 0.151. The van der Waals surface area contributed by atoms with Gasteiger partial charge in [-0.25, -0.2) is 9.78 Å². The Balaban J connectivity index is 1.28. The number of imide groups is 1. The van der Waals surface area contributed by atoms with E-state index in [2.05, 4.69) is 0 Å². The topological polar surface area (TPSA) is 93.6 Å². The number of fused-ring (bicyclic) bond motifs is 2. The maximum atomic E-state index is 13.4. The number of carbonyl (C=O) groups is 4. The smallest absolute Gasteiger partial charge is 0.339 e. The summed E-state index contributed by atoms with van der Waals surface area (Å²) < 4.78 is 5.51. The number of ether oxygens (including phenoxy) is 1. The SMILES string of the molecule is Cc1ccc2nc(-c3ccc(N4C(=O)C5CCCCC5C4=O)cc3)cc(C(=O)OCC(=O)c3ccc(C)c(C)c3)c2c1. The van der Waals surface area contributed by atoms with Gasteiger partial charge in [0, 0.05) is 16.5 Å². The fraction of sp³-hybridized carbons (Fsp3) is 0.286. The number of esters is 1. The van der Waals surface area contributed by atoms with Crippen LogP contribution in [0.1, 0.15) is 63.1 Å². The first kappa shape index (κ1) is 27.5. The fourth-order valence-electron chi connectivity index (χ4n) is 6.06. The van der Waals surface area contributed by atoms with Crippen molar-refractivity contribution < 1.29 is 23.9 Å². The summed E-state index contributed by atoms with van der Waals surface area (Å²) in [6.07, 6.45) is 3.48. The molecule has 42 heavy (non-hydrogen) atoms. The first-order valence-corrected chi connectivity index (χ1v) is 14.4. The summed E-state index contributed by atoms with van der Waals surface area (Å²) in [5.41, 5.74) is 6.27. The monoisotopic (exact) mass is 560 g/mol. The van der Waals surface area contributed by atoms with E-state index in [-0.39, 0.29) is 36.0 Å². The number of ketones is 1.